The summed E-state index contributed by atoms with van der Waals surface area (Å²) >= 11 is 0. The van der Waals surface area contributed by atoms with Crippen LogP contribution in [-0.2, 0) is 19.8 Å². The third kappa shape index (κ3) is 4.26. The van der Waals surface area contributed by atoms with Gasteiger partial charge in [0.05, 0.1) is 31.8 Å². The van der Waals surface area contributed by atoms with Crippen molar-refractivity contribution in [3.05, 3.63) is 59.2 Å². The Kier molecular flexibility index (Phi) is 5.90. The smallest absolute Gasteiger partial charge is 0.433 e. The zero-order valence-electron chi connectivity index (χ0n) is 18.8. The van der Waals surface area contributed by atoms with Crippen molar-refractivity contribution >= 4 is 11.6 Å². The second-order valence-electron chi connectivity index (χ2n) is 7.48. The SMILES string of the molecule is COc1ccc(-c2cc(C(F)(F)F)n3ncc(C(=O)NCc4cn(C)nc4C)c3n2)cc1OC. The van der Waals surface area contributed by atoms with E-state index in [0.29, 0.717) is 21.6 Å². The van der Waals surface area contributed by atoms with Crippen LogP contribution in [0, 0.1) is 6.92 Å². The molecular weight excluding hydrogens is 453 g/mol. The van der Waals surface area contributed by atoms with E-state index in [0.717, 1.165) is 23.5 Å². The molecular formula is C22H21F3N6O3. The molecule has 1 aromatic carbocycles. The number of amides is 1. The normalized spacial score (nSPS) is 11.6. The first-order valence-electron chi connectivity index (χ1n) is 10.1. The van der Waals surface area contributed by atoms with Crippen LogP contribution < -0.4 is 14.8 Å². The van der Waals surface area contributed by atoms with Crippen molar-refractivity contribution in [3.8, 4) is 22.8 Å². The fourth-order valence-corrected chi connectivity index (χ4v) is 3.56. The average molecular weight is 474 g/mol. The summed E-state index contributed by atoms with van der Waals surface area (Å²) in [5.41, 5.74) is 0.486. The van der Waals surface area contributed by atoms with Gasteiger partial charge in [-0.25, -0.2) is 9.50 Å². The van der Waals surface area contributed by atoms with Crippen molar-refractivity contribution in [1.82, 2.24) is 29.7 Å². The monoisotopic (exact) mass is 474 g/mol. The minimum absolute atomic E-state index is 0.00145. The van der Waals surface area contributed by atoms with E-state index >= 15 is 0 Å². The van der Waals surface area contributed by atoms with Crippen molar-refractivity contribution in [1.29, 1.82) is 0 Å². The lowest BCUT2D eigenvalue weighted by Gasteiger charge is -2.13. The molecule has 0 unspecified atom stereocenters. The predicted octanol–water partition coefficient (Wildman–Crippen LogP) is 3.40. The number of halogens is 3. The maximum atomic E-state index is 13.9. The van der Waals surface area contributed by atoms with Crippen LogP contribution in [0.25, 0.3) is 16.9 Å². The van der Waals surface area contributed by atoms with E-state index in [9.17, 15) is 18.0 Å². The number of alkyl halides is 3. The molecule has 12 heteroatoms. The van der Waals surface area contributed by atoms with Gasteiger partial charge in [0.2, 0.25) is 0 Å². The summed E-state index contributed by atoms with van der Waals surface area (Å²) in [7, 11) is 4.62. The third-order valence-electron chi connectivity index (χ3n) is 5.24. The molecule has 0 bridgehead atoms. The largest absolute Gasteiger partial charge is 0.493 e. The van der Waals surface area contributed by atoms with E-state index in [-0.39, 0.29) is 23.4 Å². The van der Waals surface area contributed by atoms with E-state index in [1.807, 2.05) is 0 Å². The van der Waals surface area contributed by atoms with Crippen molar-refractivity contribution in [2.24, 2.45) is 7.05 Å². The zero-order chi connectivity index (χ0) is 24.6. The average Bonchev–Trinajstić information content (AvgIpc) is 3.37. The number of benzene rings is 1. The molecule has 0 aliphatic heterocycles. The number of methoxy groups -OCH3 is 2. The molecule has 0 fully saturated rings. The molecule has 0 aliphatic rings. The van der Waals surface area contributed by atoms with Crippen molar-refractivity contribution in [3.63, 3.8) is 0 Å². The van der Waals surface area contributed by atoms with Gasteiger partial charge >= 0.3 is 6.18 Å². The highest BCUT2D eigenvalue weighted by Crippen LogP contribution is 2.35. The molecule has 1 amide bonds. The summed E-state index contributed by atoms with van der Waals surface area (Å²) in [5, 5.41) is 10.7. The van der Waals surface area contributed by atoms with Crippen molar-refractivity contribution < 1.29 is 27.4 Å². The number of carbonyl (C=O) groups is 1. The number of hydrogen-bond donors (Lipinski definition) is 1. The Morgan fingerprint density at radius 3 is 2.50 bits per heavy atom. The molecule has 3 aromatic heterocycles. The Balaban J connectivity index is 1.78. The maximum Gasteiger partial charge on any atom is 0.433 e. The summed E-state index contributed by atoms with van der Waals surface area (Å²) in [6, 6.07) is 5.51. The van der Waals surface area contributed by atoms with Gasteiger partial charge in [-0.1, -0.05) is 0 Å². The molecule has 0 spiro atoms. The number of ether oxygens (including phenoxy) is 2. The molecule has 4 rings (SSSR count). The zero-order valence-corrected chi connectivity index (χ0v) is 18.8. The van der Waals surface area contributed by atoms with E-state index < -0.39 is 17.8 Å². The minimum atomic E-state index is -4.74. The quantitative estimate of drug-likeness (QED) is 0.460. The number of aromatic nitrogens is 5. The standard InChI is InChI=1S/C22H21F3N6O3/c1-12-14(11-30(2)29-12)9-26-21(32)15-10-27-31-19(22(23,24)25)8-16(28-20(15)31)13-5-6-17(33-3)18(7-13)34-4/h5-8,10-11H,9H2,1-4H3,(H,26,32). The highest BCUT2D eigenvalue weighted by atomic mass is 19.4. The molecule has 4 aromatic rings. The summed E-state index contributed by atoms with van der Waals surface area (Å²) in [6.07, 6.45) is -1.92. The first-order valence-corrected chi connectivity index (χ1v) is 10.1. The van der Waals surface area contributed by atoms with Crippen molar-refractivity contribution in [2.75, 3.05) is 14.2 Å². The van der Waals surface area contributed by atoms with Gasteiger partial charge in [-0.15, -0.1) is 0 Å². The van der Waals surface area contributed by atoms with Gasteiger partial charge in [-0.3, -0.25) is 9.48 Å². The Hall–Kier alpha value is -4.09. The second kappa shape index (κ2) is 8.69. The van der Waals surface area contributed by atoms with Crippen molar-refractivity contribution in [2.45, 2.75) is 19.6 Å². The molecule has 0 aliphatic carbocycles. The van der Waals surface area contributed by atoms with Gasteiger partial charge in [-0.2, -0.15) is 23.4 Å². The molecule has 34 heavy (non-hydrogen) atoms. The Morgan fingerprint density at radius 2 is 1.88 bits per heavy atom. The van der Waals surface area contributed by atoms with Crippen LogP contribution in [0.2, 0.25) is 0 Å². The molecule has 3 heterocycles. The first kappa shape index (κ1) is 23.1. The van der Waals surface area contributed by atoms with E-state index in [1.54, 1.807) is 37.0 Å². The lowest BCUT2D eigenvalue weighted by atomic mass is 10.1. The van der Waals surface area contributed by atoms with Crippen LogP contribution in [0.3, 0.4) is 0 Å². The molecule has 0 atom stereocenters. The molecule has 1 N–H and O–H groups in total. The van der Waals surface area contributed by atoms with Gasteiger partial charge in [0.25, 0.3) is 5.91 Å². The number of fused-ring (bicyclic) bond motifs is 1. The first-order chi connectivity index (χ1) is 16.1. The summed E-state index contributed by atoms with van der Waals surface area (Å²) in [5.74, 6) is 0.135. The molecule has 0 saturated heterocycles. The number of rotatable bonds is 6. The Bertz CT molecular complexity index is 1380. The van der Waals surface area contributed by atoms with Crippen LogP contribution in [0.1, 0.15) is 27.3 Å². The van der Waals surface area contributed by atoms with Crippen LogP contribution >= 0.6 is 0 Å². The molecule has 178 valence electrons. The van der Waals surface area contributed by atoms with E-state index in [2.05, 4.69) is 20.5 Å². The van der Waals surface area contributed by atoms with Crippen LogP contribution in [0.4, 0.5) is 13.2 Å². The molecule has 9 nitrogen and oxygen atoms in total. The number of carbonyl (C=O) groups excluding carboxylic acids is 1. The summed E-state index contributed by atoms with van der Waals surface area (Å²) in [6.45, 7) is 1.95. The Labute approximate surface area is 192 Å². The van der Waals surface area contributed by atoms with Crippen LogP contribution in [0.5, 0.6) is 11.5 Å². The van der Waals surface area contributed by atoms with Gasteiger partial charge in [0, 0.05) is 30.9 Å². The minimum Gasteiger partial charge on any atom is -0.493 e. The van der Waals surface area contributed by atoms with Gasteiger partial charge < -0.3 is 14.8 Å². The number of nitrogens with one attached hydrogen (secondary N) is 1. The summed E-state index contributed by atoms with van der Waals surface area (Å²) < 4.78 is 54.3. The lowest BCUT2D eigenvalue weighted by Crippen LogP contribution is -2.23. The van der Waals surface area contributed by atoms with E-state index in [1.165, 1.54) is 20.3 Å². The number of hydrogen-bond acceptors (Lipinski definition) is 6. The lowest BCUT2D eigenvalue weighted by molar-refractivity contribution is -0.142. The highest BCUT2D eigenvalue weighted by Gasteiger charge is 2.36. The maximum absolute atomic E-state index is 13.9. The van der Waals surface area contributed by atoms with Gasteiger partial charge in [0.15, 0.2) is 22.8 Å². The molecule has 0 saturated carbocycles. The van der Waals surface area contributed by atoms with Crippen LogP contribution in [0.15, 0.2) is 36.7 Å². The second-order valence-corrected chi connectivity index (χ2v) is 7.48. The summed E-state index contributed by atoms with van der Waals surface area (Å²) in [4.78, 5) is 17.2. The number of aryl methyl sites for hydroxylation is 2. The Morgan fingerprint density at radius 1 is 1.15 bits per heavy atom. The highest BCUT2D eigenvalue weighted by molar-refractivity contribution is 5.99. The van der Waals surface area contributed by atoms with Gasteiger partial charge in [0.1, 0.15) is 5.56 Å². The van der Waals surface area contributed by atoms with Crippen LogP contribution in [-0.4, -0.2) is 44.5 Å². The topological polar surface area (TPSA) is 95.6 Å². The van der Waals surface area contributed by atoms with E-state index in [4.69, 9.17) is 9.47 Å². The number of nitrogens with zero attached hydrogens (tertiary/aromatic N) is 5. The fourth-order valence-electron chi connectivity index (χ4n) is 3.56. The van der Waals surface area contributed by atoms with Gasteiger partial charge in [-0.05, 0) is 31.2 Å². The fraction of sp³-hybridized carbons (Fsp3) is 0.273. The molecule has 0 radical (unpaired) electrons. The predicted molar refractivity (Wildman–Crippen MR) is 116 cm³/mol. The third-order valence-corrected chi connectivity index (χ3v) is 5.24.